The lowest BCUT2D eigenvalue weighted by molar-refractivity contribution is 0.102. The molecule has 0 spiro atoms. The molecule has 1 N–H and O–H groups in total. The van der Waals surface area contributed by atoms with E-state index in [9.17, 15) is 9.18 Å². The minimum Gasteiger partial charge on any atom is -0.438 e. The molecule has 138 valence electrons. The van der Waals surface area contributed by atoms with E-state index in [1.165, 1.54) is 18.2 Å². The molecule has 0 bridgehead atoms. The molecular weight excluding hydrogens is 359 g/mol. The first-order valence-electron chi connectivity index (χ1n) is 8.50. The van der Waals surface area contributed by atoms with Gasteiger partial charge in [-0.2, -0.15) is 0 Å². The van der Waals surface area contributed by atoms with Gasteiger partial charge < -0.3 is 14.6 Å². The van der Waals surface area contributed by atoms with E-state index < -0.39 is 11.7 Å². The maximum Gasteiger partial charge on any atom is 0.258 e. The number of hydrogen-bond acceptors (Lipinski definition) is 4. The number of benzene rings is 2. The van der Waals surface area contributed by atoms with E-state index in [4.69, 9.17) is 4.74 Å². The Morgan fingerprint density at radius 1 is 0.893 bits per heavy atom. The summed E-state index contributed by atoms with van der Waals surface area (Å²) in [4.78, 5) is 12.1. The minimum absolute atomic E-state index is 0.0131. The molecule has 2 heterocycles. The van der Waals surface area contributed by atoms with Gasteiger partial charge in [-0.15, -0.1) is 10.2 Å². The molecule has 0 aliphatic heterocycles. The fraction of sp³-hybridized carbons (Fsp3) is 0. The maximum atomic E-state index is 13.7. The number of ether oxygens (including phenoxy) is 1. The fourth-order valence-corrected chi connectivity index (χ4v) is 2.56. The summed E-state index contributed by atoms with van der Waals surface area (Å²) >= 11 is 0. The van der Waals surface area contributed by atoms with Crippen LogP contribution in [0.3, 0.4) is 0 Å². The van der Waals surface area contributed by atoms with Crippen LogP contribution in [0, 0.1) is 5.82 Å². The molecule has 0 radical (unpaired) electrons. The Hall–Kier alpha value is -4.00. The van der Waals surface area contributed by atoms with E-state index in [0.717, 1.165) is 0 Å². The number of anilines is 1. The lowest BCUT2D eigenvalue weighted by Gasteiger charge is -2.08. The van der Waals surface area contributed by atoms with Gasteiger partial charge >= 0.3 is 0 Å². The highest BCUT2D eigenvalue weighted by Gasteiger charge is 2.11. The summed E-state index contributed by atoms with van der Waals surface area (Å²) in [5.74, 6) is 0.481. The van der Waals surface area contributed by atoms with Crippen LogP contribution < -0.4 is 10.1 Å². The van der Waals surface area contributed by atoms with E-state index in [1.54, 1.807) is 42.5 Å². The largest absolute Gasteiger partial charge is 0.438 e. The molecule has 0 saturated heterocycles. The molecule has 0 unspecified atom stereocenters. The van der Waals surface area contributed by atoms with Gasteiger partial charge in [0.15, 0.2) is 5.82 Å². The summed E-state index contributed by atoms with van der Waals surface area (Å²) in [6.45, 7) is 0. The number of nitrogens with one attached hydrogen (secondary N) is 1. The van der Waals surface area contributed by atoms with Crippen molar-refractivity contribution in [1.82, 2.24) is 14.8 Å². The quantitative estimate of drug-likeness (QED) is 0.560. The third-order valence-electron chi connectivity index (χ3n) is 3.95. The summed E-state index contributed by atoms with van der Waals surface area (Å²) in [6.07, 6.45) is 3.75. The van der Waals surface area contributed by atoms with Crippen LogP contribution in [-0.4, -0.2) is 20.7 Å². The van der Waals surface area contributed by atoms with Gasteiger partial charge in [0.05, 0.1) is 5.56 Å². The highest BCUT2D eigenvalue weighted by Crippen LogP contribution is 2.22. The lowest BCUT2D eigenvalue weighted by atomic mass is 10.2. The van der Waals surface area contributed by atoms with Crippen molar-refractivity contribution in [3.05, 3.63) is 96.6 Å². The van der Waals surface area contributed by atoms with Crippen LogP contribution in [0.25, 0.3) is 5.82 Å². The van der Waals surface area contributed by atoms with Crippen LogP contribution in [0.2, 0.25) is 0 Å². The summed E-state index contributed by atoms with van der Waals surface area (Å²) in [7, 11) is 0. The first-order chi connectivity index (χ1) is 13.7. The molecule has 6 nitrogen and oxygen atoms in total. The Morgan fingerprint density at radius 3 is 2.32 bits per heavy atom. The Bertz CT molecular complexity index is 1080. The summed E-state index contributed by atoms with van der Waals surface area (Å²) in [5, 5.41) is 10.8. The van der Waals surface area contributed by atoms with E-state index in [1.807, 2.05) is 29.1 Å². The van der Waals surface area contributed by atoms with Crippen molar-refractivity contribution in [1.29, 1.82) is 0 Å². The van der Waals surface area contributed by atoms with Gasteiger partial charge in [0.25, 0.3) is 5.91 Å². The minimum atomic E-state index is -0.568. The van der Waals surface area contributed by atoms with Gasteiger partial charge in [0.1, 0.15) is 11.6 Å². The van der Waals surface area contributed by atoms with Crippen LogP contribution >= 0.6 is 0 Å². The van der Waals surface area contributed by atoms with Crippen molar-refractivity contribution < 1.29 is 13.9 Å². The number of nitrogens with zero attached hydrogens (tertiary/aromatic N) is 3. The van der Waals surface area contributed by atoms with Crippen molar-refractivity contribution in [2.75, 3.05) is 5.32 Å². The molecule has 4 rings (SSSR count). The highest BCUT2D eigenvalue weighted by atomic mass is 19.1. The highest BCUT2D eigenvalue weighted by molar-refractivity contribution is 6.04. The molecule has 0 fully saturated rings. The zero-order chi connectivity index (χ0) is 19.3. The van der Waals surface area contributed by atoms with Crippen LogP contribution in [0.4, 0.5) is 10.1 Å². The third-order valence-corrected chi connectivity index (χ3v) is 3.95. The predicted molar refractivity (Wildman–Crippen MR) is 102 cm³/mol. The maximum absolute atomic E-state index is 13.7. The molecule has 1 amide bonds. The first kappa shape index (κ1) is 17.4. The van der Waals surface area contributed by atoms with Crippen LogP contribution in [0.1, 0.15) is 10.4 Å². The number of aromatic nitrogens is 3. The zero-order valence-electron chi connectivity index (χ0n) is 14.6. The Kier molecular flexibility index (Phi) is 4.79. The van der Waals surface area contributed by atoms with E-state index in [0.29, 0.717) is 23.1 Å². The van der Waals surface area contributed by atoms with Crippen LogP contribution in [-0.2, 0) is 0 Å². The van der Waals surface area contributed by atoms with Crippen molar-refractivity contribution >= 4 is 11.6 Å². The monoisotopic (exact) mass is 374 g/mol. The SMILES string of the molecule is O=C(Nc1ccc(Oc2ccc(-n3cccc3)nn2)cc1)c1ccccc1F. The number of amides is 1. The first-order valence-corrected chi connectivity index (χ1v) is 8.50. The van der Waals surface area contributed by atoms with Gasteiger partial charge in [0.2, 0.25) is 5.88 Å². The molecule has 0 saturated carbocycles. The number of halogens is 1. The van der Waals surface area contributed by atoms with E-state index >= 15 is 0 Å². The van der Waals surface area contributed by atoms with Crippen molar-refractivity contribution in [2.24, 2.45) is 0 Å². The van der Waals surface area contributed by atoms with E-state index in [-0.39, 0.29) is 5.56 Å². The fourth-order valence-electron chi connectivity index (χ4n) is 2.56. The predicted octanol–water partition coefficient (Wildman–Crippen LogP) is 4.45. The number of carbonyl (C=O) groups excluding carboxylic acids is 1. The molecule has 28 heavy (non-hydrogen) atoms. The van der Waals surface area contributed by atoms with Crippen molar-refractivity contribution in [2.45, 2.75) is 0 Å². The van der Waals surface area contributed by atoms with Gasteiger partial charge in [0, 0.05) is 24.1 Å². The number of hydrogen-bond donors (Lipinski definition) is 1. The topological polar surface area (TPSA) is 69.0 Å². The molecule has 2 aromatic carbocycles. The summed E-state index contributed by atoms with van der Waals surface area (Å²) < 4.78 is 21.2. The van der Waals surface area contributed by atoms with Crippen LogP contribution in [0.15, 0.2) is 85.2 Å². The lowest BCUT2D eigenvalue weighted by Crippen LogP contribution is -2.13. The molecule has 7 heteroatoms. The number of carbonyl (C=O) groups is 1. The molecule has 0 aliphatic carbocycles. The van der Waals surface area contributed by atoms with Gasteiger partial charge in [-0.1, -0.05) is 12.1 Å². The second-order valence-electron chi connectivity index (χ2n) is 5.88. The molecule has 2 aromatic heterocycles. The average Bonchev–Trinajstić information content (AvgIpc) is 3.25. The molecule has 0 atom stereocenters. The van der Waals surface area contributed by atoms with Crippen molar-refractivity contribution in [3.8, 4) is 17.4 Å². The number of rotatable bonds is 5. The van der Waals surface area contributed by atoms with Crippen LogP contribution in [0.5, 0.6) is 11.6 Å². The summed E-state index contributed by atoms with van der Waals surface area (Å²) in [5.41, 5.74) is 0.510. The second kappa shape index (κ2) is 7.71. The van der Waals surface area contributed by atoms with E-state index in [2.05, 4.69) is 15.5 Å². The summed E-state index contributed by atoms with van der Waals surface area (Å²) in [6, 6.07) is 19.8. The normalized spacial score (nSPS) is 10.5. The average molecular weight is 374 g/mol. The zero-order valence-corrected chi connectivity index (χ0v) is 14.6. The Labute approximate surface area is 160 Å². The van der Waals surface area contributed by atoms with Gasteiger partial charge in [-0.25, -0.2) is 4.39 Å². The Balaban J connectivity index is 1.41. The third kappa shape index (κ3) is 3.88. The molecular formula is C21H15FN4O2. The molecule has 4 aromatic rings. The Morgan fingerprint density at radius 2 is 1.64 bits per heavy atom. The smallest absolute Gasteiger partial charge is 0.258 e. The van der Waals surface area contributed by atoms with Gasteiger partial charge in [-0.05, 0) is 54.6 Å². The standard InChI is InChI=1S/C21H15FN4O2/c22-18-6-2-1-5-17(18)21(27)23-15-7-9-16(10-8-15)28-20-12-11-19(24-25-20)26-13-3-4-14-26/h1-14H,(H,23,27). The molecule has 0 aliphatic rings. The van der Waals surface area contributed by atoms with Gasteiger partial charge in [-0.3, -0.25) is 4.79 Å². The van der Waals surface area contributed by atoms with Crippen molar-refractivity contribution in [3.63, 3.8) is 0 Å². The second-order valence-corrected chi connectivity index (χ2v) is 5.88.